The Labute approximate surface area is 163 Å². The molecule has 0 spiro atoms. The second kappa shape index (κ2) is 7.18. The molecule has 8 heteroatoms. The van der Waals surface area contributed by atoms with Gasteiger partial charge in [0.2, 0.25) is 5.91 Å². The SMILES string of the molecule is CCC(=O)N1CCC(c2nc3c(-c4cnn(C)c4)cnn3cc2C(C)=O)CC1. The van der Waals surface area contributed by atoms with Crippen molar-refractivity contribution in [2.24, 2.45) is 7.05 Å². The lowest BCUT2D eigenvalue weighted by atomic mass is 9.89. The number of likely N-dealkylation sites (tertiary alicyclic amines) is 1. The zero-order valence-corrected chi connectivity index (χ0v) is 16.4. The van der Waals surface area contributed by atoms with E-state index < -0.39 is 0 Å². The van der Waals surface area contributed by atoms with E-state index >= 15 is 0 Å². The summed E-state index contributed by atoms with van der Waals surface area (Å²) in [6.07, 6.45) is 9.40. The number of hydrogen-bond acceptors (Lipinski definition) is 5. The Hall–Kier alpha value is -3.03. The molecular formula is C20H24N6O2. The fourth-order valence-electron chi connectivity index (χ4n) is 3.90. The van der Waals surface area contributed by atoms with Gasteiger partial charge in [-0.15, -0.1) is 0 Å². The van der Waals surface area contributed by atoms with E-state index in [9.17, 15) is 9.59 Å². The summed E-state index contributed by atoms with van der Waals surface area (Å²) in [6.45, 7) is 4.86. The molecule has 1 saturated heterocycles. The molecule has 8 nitrogen and oxygen atoms in total. The van der Waals surface area contributed by atoms with Crippen LogP contribution in [0.15, 0.2) is 24.8 Å². The van der Waals surface area contributed by atoms with Gasteiger partial charge in [-0.05, 0) is 19.8 Å². The van der Waals surface area contributed by atoms with E-state index in [4.69, 9.17) is 4.98 Å². The number of carbonyl (C=O) groups is 2. The molecule has 1 amide bonds. The molecule has 0 aromatic carbocycles. The summed E-state index contributed by atoms with van der Waals surface area (Å²) in [5.41, 5.74) is 3.97. The molecule has 0 unspecified atom stereocenters. The molecule has 0 saturated carbocycles. The molecule has 3 aromatic rings. The molecule has 28 heavy (non-hydrogen) atoms. The number of ketones is 1. The van der Waals surface area contributed by atoms with Crippen molar-refractivity contribution < 1.29 is 9.59 Å². The van der Waals surface area contributed by atoms with Gasteiger partial charge in [-0.2, -0.15) is 10.2 Å². The van der Waals surface area contributed by atoms with Crippen LogP contribution in [-0.2, 0) is 11.8 Å². The number of nitrogens with zero attached hydrogens (tertiary/aromatic N) is 6. The van der Waals surface area contributed by atoms with Gasteiger partial charge in [0, 0.05) is 56.0 Å². The van der Waals surface area contributed by atoms with Crippen molar-refractivity contribution in [2.75, 3.05) is 13.1 Å². The maximum Gasteiger partial charge on any atom is 0.222 e. The van der Waals surface area contributed by atoms with Crippen LogP contribution < -0.4 is 0 Å². The molecule has 0 aliphatic carbocycles. The minimum Gasteiger partial charge on any atom is -0.343 e. The highest BCUT2D eigenvalue weighted by atomic mass is 16.2. The first kappa shape index (κ1) is 18.3. The third-order valence-corrected chi connectivity index (χ3v) is 5.45. The fraction of sp³-hybridized carbons (Fsp3) is 0.450. The molecule has 0 radical (unpaired) electrons. The number of amides is 1. The molecular weight excluding hydrogens is 356 g/mol. The summed E-state index contributed by atoms with van der Waals surface area (Å²) in [7, 11) is 1.87. The maximum atomic E-state index is 12.3. The van der Waals surface area contributed by atoms with E-state index in [-0.39, 0.29) is 17.6 Å². The number of carbonyl (C=O) groups excluding carboxylic acids is 2. The largest absolute Gasteiger partial charge is 0.343 e. The number of rotatable bonds is 4. The van der Waals surface area contributed by atoms with Crippen LogP contribution >= 0.6 is 0 Å². The van der Waals surface area contributed by atoms with E-state index in [1.165, 1.54) is 0 Å². The highest BCUT2D eigenvalue weighted by molar-refractivity contribution is 5.95. The Morgan fingerprint density at radius 3 is 2.50 bits per heavy atom. The second-order valence-electron chi connectivity index (χ2n) is 7.33. The first-order valence-corrected chi connectivity index (χ1v) is 9.64. The highest BCUT2D eigenvalue weighted by Gasteiger charge is 2.27. The third-order valence-electron chi connectivity index (χ3n) is 5.45. The summed E-state index contributed by atoms with van der Waals surface area (Å²) in [6, 6.07) is 0. The zero-order valence-electron chi connectivity index (χ0n) is 16.4. The first-order valence-electron chi connectivity index (χ1n) is 9.64. The van der Waals surface area contributed by atoms with Crippen LogP contribution in [0, 0.1) is 0 Å². The minimum atomic E-state index is -0.0186. The lowest BCUT2D eigenvalue weighted by molar-refractivity contribution is -0.131. The van der Waals surface area contributed by atoms with E-state index in [0.717, 1.165) is 35.3 Å². The van der Waals surface area contributed by atoms with Crippen molar-refractivity contribution >= 4 is 17.3 Å². The summed E-state index contributed by atoms with van der Waals surface area (Å²) in [5.74, 6) is 0.319. The summed E-state index contributed by atoms with van der Waals surface area (Å²) in [4.78, 5) is 31.1. The fourth-order valence-corrected chi connectivity index (χ4v) is 3.90. The Morgan fingerprint density at radius 2 is 1.89 bits per heavy atom. The van der Waals surface area contributed by atoms with Crippen molar-refractivity contribution in [3.05, 3.63) is 36.0 Å². The van der Waals surface area contributed by atoms with Crippen LogP contribution in [-0.4, -0.2) is 54.1 Å². The van der Waals surface area contributed by atoms with E-state index in [1.807, 2.05) is 25.1 Å². The molecule has 0 atom stereocenters. The van der Waals surface area contributed by atoms with Crippen LogP contribution in [0.2, 0.25) is 0 Å². The quantitative estimate of drug-likeness (QED) is 0.649. The van der Waals surface area contributed by atoms with Crippen LogP contribution in [0.1, 0.15) is 55.1 Å². The van der Waals surface area contributed by atoms with E-state index in [2.05, 4.69) is 10.2 Å². The highest BCUT2D eigenvalue weighted by Crippen LogP contribution is 2.32. The minimum absolute atomic E-state index is 0.0186. The molecule has 0 bridgehead atoms. The van der Waals surface area contributed by atoms with Crippen LogP contribution in [0.3, 0.4) is 0 Å². The van der Waals surface area contributed by atoms with Crippen LogP contribution in [0.4, 0.5) is 0 Å². The van der Waals surface area contributed by atoms with E-state index in [1.54, 1.807) is 34.7 Å². The lowest BCUT2D eigenvalue weighted by Gasteiger charge is -2.32. The number of Topliss-reactive ketones (excluding diaryl/α,β-unsaturated/α-hetero) is 1. The van der Waals surface area contributed by atoms with Gasteiger partial charge in [-0.3, -0.25) is 14.3 Å². The van der Waals surface area contributed by atoms with Crippen LogP contribution in [0.5, 0.6) is 0 Å². The van der Waals surface area contributed by atoms with Gasteiger partial charge in [0.1, 0.15) is 0 Å². The van der Waals surface area contributed by atoms with Crippen molar-refractivity contribution in [3.8, 4) is 11.1 Å². The average molecular weight is 380 g/mol. The number of aromatic nitrogens is 5. The Balaban J connectivity index is 1.73. The average Bonchev–Trinajstić information content (AvgIpc) is 3.31. The number of fused-ring (bicyclic) bond motifs is 1. The standard InChI is InChI=1S/C20H24N6O2/c1-4-18(28)25-7-5-14(6-8-25)19-17(13(2)27)12-26-20(23-19)16(10-22-26)15-9-21-24(3)11-15/h9-12,14H,4-8H2,1-3H3. The van der Waals surface area contributed by atoms with Gasteiger partial charge >= 0.3 is 0 Å². The molecule has 1 aliphatic heterocycles. The topological polar surface area (TPSA) is 85.4 Å². The maximum absolute atomic E-state index is 12.3. The zero-order chi connectivity index (χ0) is 19.8. The number of hydrogen-bond donors (Lipinski definition) is 0. The van der Waals surface area contributed by atoms with Gasteiger partial charge in [-0.1, -0.05) is 6.92 Å². The van der Waals surface area contributed by atoms with Gasteiger partial charge in [0.15, 0.2) is 11.4 Å². The van der Waals surface area contributed by atoms with Crippen LogP contribution in [0.25, 0.3) is 16.8 Å². The molecule has 0 N–H and O–H groups in total. The molecule has 4 heterocycles. The van der Waals surface area contributed by atoms with Gasteiger partial charge < -0.3 is 4.90 Å². The molecule has 4 rings (SSSR count). The third kappa shape index (κ3) is 3.19. The van der Waals surface area contributed by atoms with Crippen molar-refractivity contribution in [3.63, 3.8) is 0 Å². The van der Waals surface area contributed by atoms with Gasteiger partial charge in [-0.25, -0.2) is 9.50 Å². The monoisotopic (exact) mass is 380 g/mol. The van der Waals surface area contributed by atoms with E-state index in [0.29, 0.717) is 25.1 Å². The normalized spacial score (nSPS) is 15.3. The van der Waals surface area contributed by atoms with Crippen molar-refractivity contribution in [1.29, 1.82) is 0 Å². The Morgan fingerprint density at radius 1 is 1.14 bits per heavy atom. The molecule has 3 aromatic heterocycles. The predicted molar refractivity (Wildman–Crippen MR) is 104 cm³/mol. The number of aryl methyl sites for hydroxylation is 1. The Bertz CT molecular complexity index is 1040. The first-order chi connectivity index (χ1) is 13.5. The van der Waals surface area contributed by atoms with Gasteiger partial charge in [0.25, 0.3) is 0 Å². The smallest absolute Gasteiger partial charge is 0.222 e. The molecule has 146 valence electrons. The number of piperidine rings is 1. The second-order valence-corrected chi connectivity index (χ2v) is 7.33. The Kier molecular flexibility index (Phi) is 4.70. The van der Waals surface area contributed by atoms with Crippen molar-refractivity contribution in [2.45, 2.75) is 39.0 Å². The molecule has 1 fully saturated rings. The summed E-state index contributed by atoms with van der Waals surface area (Å²) in [5, 5.41) is 8.62. The lowest BCUT2D eigenvalue weighted by Crippen LogP contribution is -2.37. The van der Waals surface area contributed by atoms with Gasteiger partial charge in [0.05, 0.1) is 23.7 Å². The summed E-state index contributed by atoms with van der Waals surface area (Å²) < 4.78 is 3.41. The molecule has 1 aliphatic rings. The van der Waals surface area contributed by atoms with Crippen molar-refractivity contribution in [1.82, 2.24) is 29.3 Å². The predicted octanol–water partition coefficient (Wildman–Crippen LogP) is 2.45. The summed E-state index contributed by atoms with van der Waals surface area (Å²) >= 11 is 0.